The van der Waals surface area contributed by atoms with Crippen LogP contribution in [0.3, 0.4) is 0 Å². The van der Waals surface area contributed by atoms with Crippen LogP contribution in [-0.4, -0.2) is 0 Å². The van der Waals surface area contributed by atoms with E-state index in [9.17, 15) is 4.39 Å². The summed E-state index contributed by atoms with van der Waals surface area (Å²) in [6.45, 7) is 1.78. The van der Waals surface area contributed by atoms with Gasteiger partial charge in [-0.3, -0.25) is 0 Å². The summed E-state index contributed by atoms with van der Waals surface area (Å²) in [4.78, 5) is 0. The molecule has 1 aliphatic rings. The molecule has 2 N–H and O–H groups in total. The third-order valence-electron chi connectivity index (χ3n) is 2.89. The van der Waals surface area contributed by atoms with Gasteiger partial charge in [0.15, 0.2) is 0 Å². The van der Waals surface area contributed by atoms with Gasteiger partial charge in [0.2, 0.25) is 0 Å². The first-order valence-corrected chi connectivity index (χ1v) is 5.18. The summed E-state index contributed by atoms with van der Waals surface area (Å²) in [6, 6.07) is 5.26. The lowest BCUT2D eigenvalue weighted by Gasteiger charge is -2.12. The average Bonchev–Trinajstić information content (AvgIpc) is 2.93. The van der Waals surface area contributed by atoms with Crippen molar-refractivity contribution in [1.82, 2.24) is 0 Å². The van der Waals surface area contributed by atoms with Gasteiger partial charge in [-0.25, -0.2) is 4.39 Å². The molecule has 0 unspecified atom stereocenters. The Labute approximate surface area is 84.1 Å². The van der Waals surface area contributed by atoms with Crippen LogP contribution in [0.1, 0.15) is 36.4 Å². The van der Waals surface area contributed by atoms with E-state index in [1.165, 1.54) is 18.9 Å². The Balaban J connectivity index is 2.10. The third kappa shape index (κ3) is 2.13. The minimum Gasteiger partial charge on any atom is -0.324 e. The van der Waals surface area contributed by atoms with Crippen molar-refractivity contribution < 1.29 is 4.39 Å². The van der Waals surface area contributed by atoms with Crippen LogP contribution in [0.2, 0.25) is 0 Å². The van der Waals surface area contributed by atoms with E-state index in [1.54, 1.807) is 13.0 Å². The molecule has 14 heavy (non-hydrogen) atoms. The maximum absolute atomic E-state index is 13.0. The molecule has 1 saturated carbocycles. The molecule has 1 aliphatic carbocycles. The number of hydrogen-bond donors (Lipinski definition) is 1. The van der Waals surface area contributed by atoms with Gasteiger partial charge in [0.1, 0.15) is 5.82 Å². The van der Waals surface area contributed by atoms with E-state index < -0.39 is 0 Å². The van der Waals surface area contributed by atoms with Crippen LogP contribution < -0.4 is 5.73 Å². The highest BCUT2D eigenvalue weighted by atomic mass is 19.1. The summed E-state index contributed by atoms with van der Waals surface area (Å²) in [5.41, 5.74) is 7.79. The zero-order chi connectivity index (χ0) is 10.1. The van der Waals surface area contributed by atoms with Gasteiger partial charge in [-0.2, -0.15) is 0 Å². The molecule has 0 aromatic heterocycles. The quantitative estimate of drug-likeness (QED) is 0.784. The van der Waals surface area contributed by atoms with Crippen molar-refractivity contribution in [3.63, 3.8) is 0 Å². The summed E-state index contributed by atoms with van der Waals surface area (Å²) < 4.78 is 13.0. The van der Waals surface area contributed by atoms with E-state index >= 15 is 0 Å². The molecule has 0 radical (unpaired) electrons. The van der Waals surface area contributed by atoms with Crippen LogP contribution in [0.5, 0.6) is 0 Å². The van der Waals surface area contributed by atoms with Crippen molar-refractivity contribution in [3.8, 4) is 0 Å². The molecule has 1 atom stereocenters. The Morgan fingerprint density at radius 1 is 1.50 bits per heavy atom. The fourth-order valence-electron chi connectivity index (χ4n) is 1.75. The Morgan fingerprint density at radius 2 is 2.21 bits per heavy atom. The highest BCUT2D eigenvalue weighted by Gasteiger charge is 2.24. The van der Waals surface area contributed by atoms with E-state index in [2.05, 4.69) is 0 Å². The van der Waals surface area contributed by atoms with Gasteiger partial charge in [-0.1, -0.05) is 25.0 Å². The molecular weight excluding hydrogens is 177 g/mol. The van der Waals surface area contributed by atoms with Gasteiger partial charge in [0, 0.05) is 6.04 Å². The second kappa shape index (κ2) is 3.70. The lowest BCUT2D eigenvalue weighted by Crippen LogP contribution is -2.11. The number of rotatable bonds is 3. The molecule has 2 heteroatoms. The number of halogens is 1. The Hall–Kier alpha value is -0.890. The molecule has 0 spiro atoms. The molecular formula is C12H16FN. The summed E-state index contributed by atoms with van der Waals surface area (Å²) in [7, 11) is 0. The summed E-state index contributed by atoms with van der Waals surface area (Å²) in [6.07, 6.45) is 3.67. The lowest BCUT2D eigenvalue weighted by atomic mass is 10.0. The fraction of sp³-hybridized carbons (Fsp3) is 0.500. The molecule has 76 valence electrons. The van der Waals surface area contributed by atoms with Crippen LogP contribution >= 0.6 is 0 Å². The van der Waals surface area contributed by atoms with Gasteiger partial charge in [0.05, 0.1) is 0 Å². The molecule has 1 aromatic carbocycles. The van der Waals surface area contributed by atoms with Crippen LogP contribution in [0.25, 0.3) is 0 Å². The van der Waals surface area contributed by atoms with E-state index in [1.807, 2.05) is 6.07 Å². The predicted molar refractivity (Wildman–Crippen MR) is 55.4 cm³/mol. The van der Waals surface area contributed by atoms with Gasteiger partial charge >= 0.3 is 0 Å². The Morgan fingerprint density at radius 3 is 2.79 bits per heavy atom. The van der Waals surface area contributed by atoms with Crippen LogP contribution in [0.4, 0.5) is 4.39 Å². The molecule has 1 aromatic rings. The molecule has 1 fully saturated rings. The average molecular weight is 193 g/mol. The fourth-order valence-corrected chi connectivity index (χ4v) is 1.75. The molecule has 0 aliphatic heterocycles. The molecule has 0 bridgehead atoms. The molecule has 1 nitrogen and oxygen atoms in total. The zero-order valence-corrected chi connectivity index (χ0v) is 8.46. The first kappa shape index (κ1) is 9.66. The Bertz CT molecular complexity index is 331. The summed E-state index contributed by atoms with van der Waals surface area (Å²) in [5.74, 6) is 0.669. The minimum atomic E-state index is -0.146. The third-order valence-corrected chi connectivity index (χ3v) is 2.89. The van der Waals surface area contributed by atoms with Gasteiger partial charge in [-0.05, 0) is 36.5 Å². The topological polar surface area (TPSA) is 26.0 Å². The molecule has 2 rings (SSSR count). The summed E-state index contributed by atoms with van der Waals surface area (Å²) >= 11 is 0. The van der Waals surface area contributed by atoms with Crippen LogP contribution in [0.15, 0.2) is 18.2 Å². The smallest absolute Gasteiger partial charge is 0.126 e. The minimum absolute atomic E-state index is 0.0850. The SMILES string of the molecule is Cc1cc([C@@H](N)CC2CC2)ccc1F. The van der Waals surface area contributed by atoms with Crippen molar-refractivity contribution in [3.05, 3.63) is 35.1 Å². The van der Waals surface area contributed by atoms with Gasteiger partial charge in [0.25, 0.3) is 0 Å². The van der Waals surface area contributed by atoms with Crippen LogP contribution in [0, 0.1) is 18.7 Å². The van der Waals surface area contributed by atoms with E-state index in [0.717, 1.165) is 17.9 Å². The van der Waals surface area contributed by atoms with Crippen molar-refractivity contribution in [1.29, 1.82) is 0 Å². The highest BCUT2D eigenvalue weighted by Crippen LogP contribution is 2.36. The number of nitrogens with two attached hydrogens (primary N) is 1. The van der Waals surface area contributed by atoms with Crippen molar-refractivity contribution >= 4 is 0 Å². The molecule has 0 saturated heterocycles. The van der Waals surface area contributed by atoms with Crippen molar-refractivity contribution in [2.75, 3.05) is 0 Å². The van der Waals surface area contributed by atoms with Crippen molar-refractivity contribution in [2.45, 2.75) is 32.2 Å². The Kier molecular flexibility index (Phi) is 2.55. The largest absolute Gasteiger partial charge is 0.324 e. The first-order valence-electron chi connectivity index (χ1n) is 5.18. The second-order valence-corrected chi connectivity index (χ2v) is 4.29. The first-order chi connectivity index (χ1) is 6.66. The van der Waals surface area contributed by atoms with E-state index in [0.29, 0.717) is 5.56 Å². The predicted octanol–water partition coefficient (Wildman–Crippen LogP) is 2.93. The monoisotopic (exact) mass is 193 g/mol. The highest BCUT2D eigenvalue weighted by molar-refractivity contribution is 5.26. The summed E-state index contributed by atoms with van der Waals surface area (Å²) in [5, 5.41) is 0. The lowest BCUT2D eigenvalue weighted by molar-refractivity contribution is 0.588. The normalized spacial score (nSPS) is 18.2. The van der Waals surface area contributed by atoms with Crippen LogP contribution in [-0.2, 0) is 0 Å². The number of aryl methyl sites for hydroxylation is 1. The zero-order valence-electron chi connectivity index (χ0n) is 8.46. The van der Waals surface area contributed by atoms with E-state index in [4.69, 9.17) is 5.73 Å². The van der Waals surface area contributed by atoms with Gasteiger partial charge < -0.3 is 5.73 Å². The maximum atomic E-state index is 13.0. The standard InChI is InChI=1S/C12H16FN/c1-8-6-10(4-5-11(8)13)12(14)7-9-2-3-9/h4-6,9,12H,2-3,7,14H2,1H3/t12-/m0/s1. The second-order valence-electron chi connectivity index (χ2n) is 4.29. The van der Waals surface area contributed by atoms with E-state index in [-0.39, 0.29) is 11.9 Å². The van der Waals surface area contributed by atoms with Gasteiger partial charge in [-0.15, -0.1) is 0 Å². The number of hydrogen-bond acceptors (Lipinski definition) is 1. The molecule has 0 heterocycles. The maximum Gasteiger partial charge on any atom is 0.126 e. The molecule has 0 amide bonds. The number of benzene rings is 1. The van der Waals surface area contributed by atoms with Crippen molar-refractivity contribution in [2.24, 2.45) is 11.7 Å².